The zero-order valence-corrected chi connectivity index (χ0v) is 19.9. The van der Waals surface area contributed by atoms with Gasteiger partial charge in [-0.15, -0.1) is 0 Å². The zero-order chi connectivity index (χ0) is 23.5. The van der Waals surface area contributed by atoms with Gasteiger partial charge in [-0.1, -0.05) is 60.7 Å². The van der Waals surface area contributed by atoms with Crippen LogP contribution in [0.5, 0.6) is 0 Å². The Kier molecular flexibility index (Phi) is 6.41. The fourth-order valence-corrected chi connectivity index (χ4v) is 4.19. The van der Waals surface area contributed by atoms with Crippen LogP contribution in [-0.2, 0) is 0 Å². The predicted octanol–water partition coefficient (Wildman–Crippen LogP) is 7.14. The molecule has 0 saturated heterocycles. The van der Waals surface area contributed by atoms with Gasteiger partial charge in [-0.05, 0) is 96.8 Å². The highest BCUT2D eigenvalue weighted by molar-refractivity contribution is 5.93. The lowest BCUT2D eigenvalue weighted by Gasteiger charge is -2.23. The number of benzene rings is 3. The summed E-state index contributed by atoms with van der Waals surface area (Å²) in [6, 6.07) is 24.7. The van der Waals surface area contributed by atoms with Crippen LogP contribution < -0.4 is 5.32 Å². The zero-order valence-electron chi connectivity index (χ0n) is 19.9. The van der Waals surface area contributed by atoms with E-state index in [9.17, 15) is 4.79 Å². The maximum Gasteiger partial charge on any atom is 0.270 e. The first kappa shape index (κ1) is 22.5. The van der Waals surface area contributed by atoms with Gasteiger partial charge in [0.25, 0.3) is 5.91 Å². The van der Waals surface area contributed by atoms with Crippen molar-refractivity contribution in [1.82, 2.24) is 10.3 Å². The van der Waals surface area contributed by atoms with Crippen LogP contribution in [0.25, 0.3) is 22.3 Å². The lowest BCUT2D eigenvalue weighted by atomic mass is 9.86. The van der Waals surface area contributed by atoms with Gasteiger partial charge < -0.3 is 5.32 Å². The Labute approximate surface area is 196 Å². The van der Waals surface area contributed by atoms with Crippen molar-refractivity contribution >= 4 is 5.91 Å². The van der Waals surface area contributed by atoms with Crippen molar-refractivity contribution in [3.8, 4) is 22.3 Å². The van der Waals surface area contributed by atoms with E-state index in [4.69, 9.17) is 0 Å². The molecule has 0 saturated carbocycles. The van der Waals surface area contributed by atoms with Crippen molar-refractivity contribution in [2.45, 2.75) is 40.7 Å². The molecule has 0 aliphatic carbocycles. The van der Waals surface area contributed by atoms with E-state index in [1.807, 2.05) is 19.1 Å². The fraction of sp³-hybridized carbons (Fsp3) is 0.200. The SMILES string of the molecule is Cc1ccc(-c2cccc(-c3ccc(C)c(C)c3)c2C(C)NC(=O)c2ccccn2)cc1C. The highest BCUT2D eigenvalue weighted by atomic mass is 16.1. The van der Waals surface area contributed by atoms with E-state index >= 15 is 0 Å². The third-order valence-corrected chi connectivity index (χ3v) is 6.42. The van der Waals surface area contributed by atoms with Gasteiger partial charge in [0.05, 0.1) is 6.04 Å². The Morgan fingerprint density at radius 1 is 0.727 bits per heavy atom. The Morgan fingerprint density at radius 2 is 1.30 bits per heavy atom. The van der Waals surface area contributed by atoms with E-state index < -0.39 is 0 Å². The standard InChI is InChI=1S/C30H30N2O/c1-19-12-14-24(17-21(19)3)26-9-8-10-27(25-15-13-20(2)22(4)18-25)29(26)23(5)32-30(33)28-11-6-7-16-31-28/h6-18,23H,1-5H3,(H,32,33). The molecule has 4 rings (SSSR count). The maximum atomic E-state index is 12.9. The number of nitrogens with zero attached hydrogens (tertiary/aromatic N) is 1. The second-order valence-electron chi connectivity index (χ2n) is 8.78. The average Bonchev–Trinajstić information content (AvgIpc) is 2.82. The topological polar surface area (TPSA) is 42.0 Å². The van der Waals surface area contributed by atoms with Crippen LogP contribution in [0.4, 0.5) is 0 Å². The van der Waals surface area contributed by atoms with E-state index in [0.29, 0.717) is 5.69 Å². The molecule has 1 N–H and O–H groups in total. The van der Waals surface area contributed by atoms with Gasteiger partial charge in [-0.3, -0.25) is 9.78 Å². The molecule has 0 aliphatic heterocycles. The summed E-state index contributed by atoms with van der Waals surface area (Å²) >= 11 is 0. The lowest BCUT2D eigenvalue weighted by molar-refractivity contribution is 0.0935. The first-order chi connectivity index (χ1) is 15.8. The molecule has 0 radical (unpaired) electrons. The van der Waals surface area contributed by atoms with E-state index in [1.54, 1.807) is 12.3 Å². The Balaban J connectivity index is 1.86. The summed E-state index contributed by atoms with van der Waals surface area (Å²) in [5.41, 5.74) is 11.1. The van der Waals surface area contributed by atoms with Crippen molar-refractivity contribution in [3.05, 3.63) is 113 Å². The van der Waals surface area contributed by atoms with Gasteiger partial charge in [0, 0.05) is 6.20 Å². The van der Waals surface area contributed by atoms with Gasteiger partial charge >= 0.3 is 0 Å². The van der Waals surface area contributed by atoms with E-state index in [0.717, 1.165) is 27.8 Å². The van der Waals surface area contributed by atoms with Crippen molar-refractivity contribution in [2.24, 2.45) is 0 Å². The summed E-state index contributed by atoms with van der Waals surface area (Å²) in [4.78, 5) is 17.2. The molecule has 3 aromatic carbocycles. The molecule has 1 amide bonds. The number of nitrogens with one attached hydrogen (secondary N) is 1. The highest BCUT2D eigenvalue weighted by Crippen LogP contribution is 2.37. The molecule has 0 spiro atoms. The first-order valence-corrected chi connectivity index (χ1v) is 11.3. The molecule has 4 aromatic rings. The van der Waals surface area contributed by atoms with Crippen LogP contribution in [0.1, 0.15) is 51.3 Å². The van der Waals surface area contributed by atoms with Gasteiger partial charge in [-0.25, -0.2) is 0 Å². The van der Waals surface area contributed by atoms with Crippen LogP contribution in [0, 0.1) is 27.7 Å². The first-order valence-electron chi connectivity index (χ1n) is 11.3. The maximum absolute atomic E-state index is 12.9. The van der Waals surface area contributed by atoms with E-state index in [1.165, 1.54) is 22.3 Å². The van der Waals surface area contributed by atoms with Crippen molar-refractivity contribution in [2.75, 3.05) is 0 Å². The molecule has 0 aliphatic rings. The minimum atomic E-state index is -0.214. The second-order valence-corrected chi connectivity index (χ2v) is 8.78. The predicted molar refractivity (Wildman–Crippen MR) is 136 cm³/mol. The summed E-state index contributed by atoms with van der Waals surface area (Å²) in [6.07, 6.45) is 1.64. The molecule has 0 fully saturated rings. The van der Waals surface area contributed by atoms with Gasteiger partial charge in [0.2, 0.25) is 0 Å². The highest BCUT2D eigenvalue weighted by Gasteiger charge is 2.21. The van der Waals surface area contributed by atoms with Crippen molar-refractivity contribution < 1.29 is 4.79 Å². The number of rotatable bonds is 5. The second kappa shape index (κ2) is 9.41. The number of hydrogen-bond acceptors (Lipinski definition) is 2. The monoisotopic (exact) mass is 434 g/mol. The molecule has 1 unspecified atom stereocenters. The van der Waals surface area contributed by atoms with Crippen molar-refractivity contribution in [1.29, 1.82) is 0 Å². The van der Waals surface area contributed by atoms with Gasteiger partial charge in [0.15, 0.2) is 0 Å². The van der Waals surface area contributed by atoms with Gasteiger partial charge in [0.1, 0.15) is 5.69 Å². The molecule has 1 aromatic heterocycles. The van der Waals surface area contributed by atoms with Crippen LogP contribution in [-0.4, -0.2) is 10.9 Å². The molecular formula is C30H30N2O. The van der Waals surface area contributed by atoms with Crippen molar-refractivity contribution in [3.63, 3.8) is 0 Å². The molecule has 33 heavy (non-hydrogen) atoms. The number of aryl methyl sites for hydroxylation is 4. The van der Waals surface area contributed by atoms with E-state index in [-0.39, 0.29) is 11.9 Å². The molecule has 3 heteroatoms. The molecule has 3 nitrogen and oxygen atoms in total. The smallest absolute Gasteiger partial charge is 0.270 e. The van der Waals surface area contributed by atoms with Crippen LogP contribution >= 0.6 is 0 Å². The summed E-state index contributed by atoms with van der Waals surface area (Å²) in [7, 11) is 0. The van der Waals surface area contributed by atoms with Crippen LogP contribution in [0.15, 0.2) is 79.0 Å². The third kappa shape index (κ3) is 4.73. The molecule has 166 valence electrons. The van der Waals surface area contributed by atoms with Crippen LogP contribution in [0.3, 0.4) is 0 Å². The fourth-order valence-electron chi connectivity index (χ4n) is 4.19. The molecule has 1 heterocycles. The Morgan fingerprint density at radius 3 is 1.79 bits per heavy atom. The summed E-state index contributed by atoms with van der Waals surface area (Å²) in [5, 5.41) is 3.18. The normalized spacial score (nSPS) is 11.8. The summed E-state index contributed by atoms with van der Waals surface area (Å²) < 4.78 is 0. The molecule has 0 bridgehead atoms. The molecule has 1 atom stereocenters. The number of aromatic nitrogens is 1. The largest absolute Gasteiger partial charge is 0.344 e. The van der Waals surface area contributed by atoms with E-state index in [2.05, 4.69) is 92.6 Å². The third-order valence-electron chi connectivity index (χ3n) is 6.42. The lowest BCUT2D eigenvalue weighted by Crippen LogP contribution is -2.28. The average molecular weight is 435 g/mol. The summed E-state index contributed by atoms with van der Waals surface area (Å²) in [5.74, 6) is -0.177. The quantitative estimate of drug-likeness (QED) is 0.363. The minimum absolute atomic E-state index is 0.177. The number of amides is 1. The van der Waals surface area contributed by atoms with Gasteiger partial charge in [-0.2, -0.15) is 0 Å². The number of hydrogen-bond donors (Lipinski definition) is 1. The summed E-state index contributed by atoms with van der Waals surface area (Å²) in [6.45, 7) is 10.6. The number of carbonyl (C=O) groups is 1. The Hall–Kier alpha value is -3.72. The van der Waals surface area contributed by atoms with Crippen LogP contribution in [0.2, 0.25) is 0 Å². The number of pyridine rings is 1. The molecular weight excluding hydrogens is 404 g/mol. The Bertz CT molecular complexity index is 1240. The number of carbonyl (C=O) groups excluding carboxylic acids is 1. The minimum Gasteiger partial charge on any atom is -0.344 e.